The second-order valence-corrected chi connectivity index (χ2v) is 17.3. The van der Waals surface area contributed by atoms with E-state index in [0.717, 1.165) is 17.1 Å². The van der Waals surface area contributed by atoms with Crippen LogP contribution < -0.4 is 5.46 Å². The maximum Gasteiger partial charge on any atom is 0.494 e. The summed E-state index contributed by atoms with van der Waals surface area (Å²) in [5.74, 6) is -0.411. The first-order valence-electron chi connectivity index (χ1n) is 12.9. The molecule has 0 radical (unpaired) electrons. The van der Waals surface area contributed by atoms with Gasteiger partial charge in [0, 0.05) is 26.4 Å². The van der Waals surface area contributed by atoms with Gasteiger partial charge in [0.2, 0.25) is 0 Å². The third-order valence-electron chi connectivity index (χ3n) is 7.06. The van der Waals surface area contributed by atoms with Gasteiger partial charge in [-0.05, 0) is 46.1 Å². The molecule has 0 amide bonds. The van der Waals surface area contributed by atoms with Gasteiger partial charge in [0.15, 0.2) is 0 Å². The number of nitrogens with zero attached hydrogens (tertiary/aromatic N) is 3. The van der Waals surface area contributed by atoms with Crippen LogP contribution in [0.4, 0.5) is 0 Å². The minimum absolute atomic E-state index is 0.276. The van der Waals surface area contributed by atoms with Crippen molar-refractivity contribution in [1.29, 1.82) is 0 Å². The van der Waals surface area contributed by atoms with Gasteiger partial charge in [-0.1, -0.05) is 43.9 Å². The Labute approximate surface area is 220 Å². The van der Waals surface area contributed by atoms with Gasteiger partial charge in [-0.3, -0.25) is 0 Å². The van der Waals surface area contributed by atoms with Crippen molar-refractivity contribution in [1.82, 2.24) is 14.5 Å². The van der Waals surface area contributed by atoms with Crippen LogP contribution in [-0.2, 0) is 25.5 Å². The van der Waals surface area contributed by atoms with Crippen LogP contribution in [0, 0.1) is 0 Å². The highest BCUT2D eigenvalue weighted by Crippen LogP contribution is 2.37. The third-order valence-corrected chi connectivity index (χ3v) is 8.77. The number of fused-ring (bicyclic) bond motifs is 1. The van der Waals surface area contributed by atoms with E-state index in [1.807, 2.05) is 56.5 Å². The van der Waals surface area contributed by atoms with Gasteiger partial charge in [0.1, 0.15) is 18.7 Å². The third kappa shape index (κ3) is 5.82. The van der Waals surface area contributed by atoms with Crippen LogP contribution >= 0.6 is 0 Å². The molecule has 10 heteroatoms. The summed E-state index contributed by atoms with van der Waals surface area (Å²) >= 11 is 0. The molecule has 0 atom stereocenters. The average molecular weight is 524 g/mol. The van der Waals surface area contributed by atoms with E-state index in [0.29, 0.717) is 35.6 Å². The summed E-state index contributed by atoms with van der Waals surface area (Å²) in [5.41, 5.74) is 2.52. The lowest BCUT2D eigenvalue weighted by atomic mass is 9.78. The molecule has 1 fully saturated rings. The number of carbonyl (C=O) groups is 1. The number of rotatable bonds is 9. The fourth-order valence-electron chi connectivity index (χ4n) is 4.16. The molecule has 1 saturated heterocycles. The molecule has 0 bridgehead atoms. The number of carbonyl (C=O) groups excluding carboxylic acids is 1. The Morgan fingerprint density at radius 2 is 1.81 bits per heavy atom. The zero-order valence-electron chi connectivity index (χ0n) is 23.3. The van der Waals surface area contributed by atoms with Crippen molar-refractivity contribution in [2.75, 3.05) is 13.2 Å². The molecule has 37 heavy (non-hydrogen) atoms. The normalized spacial score (nSPS) is 16.9. The predicted octanol–water partition coefficient (Wildman–Crippen LogP) is 4.89. The van der Waals surface area contributed by atoms with Crippen LogP contribution in [0.5, 0.6) is 0 Å². The smallest absolute Gasteiger partial charge is 0.462 e. The highest BCUT2D eigenvalue weighted by atomic mass is 28.3. The Morgan fingerprint density at radius 1 is 1.11 bits per heavy atom. The zero-order chi connectivity index (χ0) is 27.0. The van der Waals surface area contributed by atoms with Crippen LogP contribution in [0.1, 0.15) is 45.0 Å². The van der Waals surface area contributed by atoms with Crippen molar-refractivity contribution in [3.63, 3.8) is 0 Å². The molecule has 8 nitrogen and oxygen atoms in total. The van der Waals surface area contributed by atoms with Crippen LogP contribution in [0.25, 0.3) is 22.3 Å². The molecule has 0 N–H and O–H groups in total. The lowest BCUT2D eigenvalue weighted by molar-refractivity contribution is 0.00578. The van der Waals surface area contributed by atoms with E-state index in [1.54, 1.807) is 13.1 Å². The Bertz CT molecular complexity index is 1270. The summed E-state index contributed by atoms with van der Waals surface area (Å²) in [6.45, 7) is 18.1. The summed E-state index contributed by atoms with van der Waals surface area (Å²) in [6, 6.07) is 8.95. The predicted molar refractivity (Wildman–Crippen MR) is 149 cm³/mol. The highest BCUT2D eigenvalue weighted by Gasteiger charge is 2.51. The fourth-order valence-corrected chi connectivity index (χ4v) is 4.91. The number of aromatic nitrogens is 3. The van der Waals surface area contributed by atoms with Gasteiger partial charge in [0.05, 0.1) is 34.5 Å². The van der Waals surface area contributed by atoms with Gasteiger partial charge in [-0.15, -0.1) is 0 Å². The topological polar surface area (TPSA) is 84.7 Å². The van der Waals surface area contributed by atoms with Gasteiger partial charge < -0.3 is 23.3 Å². The molecule has 4 rings (SSSR count). The molecular formula is C27H38BN3O5Si. The monoisotopic (exact) mass is 523 g/mol. The van der Waals surface area contributed by atoms with Crippen molar-refractivity contribution in [3.05, 3.63) is 42.4 Å². The van der Waals surface area contributed by atoms with Gasteiger partial charge in [-0.2, -0.15) is 0 Å². The van der Waals surface area contributed by atoms with Crippen LogP contribution in [0.3, 0.4) is 0 Å². The van der Waals surface area contributed by atoms with Gasteiger partial charge >= 0.3 is 13.1 Å². The lowest BCUT2D eigenvalue weighted by Gasteiger charge is -2.32. The Kier molecular flexibility index (Phi) is 7.67. The Morgan fingerprint density at radius 3 is 2.46 bits per heavy atom. The molecule has 0 spiro atoms. The van der Waals surface area contributed by atoms with E-state index in [4.69, 9.17) is 18.8 Å². The van der Waals surface area contributed by atoms with E-state index in [2.05, 4.69) is 29.6 Å². The average Bonchev–Trinajstić information content (AvgIpc) is 3.30. The van der Waals surface area contributed by atoms with Crippen molar-refractivity contribution < 1.29 is 23.6 Å². The summed E-state index contributed by atoms with van der Waals surface area (Å²) in [5, 5.41) is 0.640. The highest BCUT2D eigenvalue weighted by molar-refractivity contribution is 6.76. The number of esters is 1. The molecule has 1 aliphatic rings. The zero-order valence-corrected chi connectivity index (χ0v) is 24.3. The summed E-state index contributed by atoms with van der Waals surface area (Å²) in [7, 11) is -1.72. The van der Waals surface area contributed by atoms with Crippen molar-refractivity contribution in [3.8, 4) is 11.3 Å². The summed E-state index contributed by atoms with van der Waals surface area (Å²) < 4.78 is 25.7. The number of ether oxygens (including phenoxy) is 2. The SMILES string of the molecule is CCOC(=O)c1cn(COCC[Si](C)(C)C)c2ncnc(-c3cccc(B4OC(C)(C)C(C)(C)O4)c3)c12. The molecule has 1 aliphatic heterocycles. The first kappa shape index (κ1) is 27.5. The minimum atomic E-state index is -1.21. The lowest BCUT2D eigenvalue weighted by Crippen LogP contribution is -2.41. The van der Waals surface area contributed by atoms with E-state index in [-0.39, 0.29) is 6.61 Å². The first-order valence-corrected chi connectivity index (χ1v) is 16.6. The van der Waals surface area contributed by atoms with E-state index in [9.17, 15) is 4.79 Å². The first-order chi connectivity index (χ1) is 17.3. The van der Waals surface area contributed by atoms with Crippen LogP contribution in [0.2, 0.25) is 25.7 Å². The quantitative estimate of drug-likeness (QED) is 0.224. The van der Waals surface area contributed by atoms with Gasteiger partial charge in [-0.25, -0.2) is 14.8 Å². The largest absolute Gasteiger partial charge is 0.494 e. The van der Waals surface area contributed by atoms with Gasteiger partial charge in [0.25, 0.3) is 0 Å². The fraction of sp³-hybridized carbons (Fsp3) is 0.519. The van der Waals surface area contributed by atoms with Crippen molar-refractivity contribution in [2.24, 2.45) is 0 Å². The molecule has 0 saturated carbocycles. The maximum atomic E-state index is 13.0. The molecule has 2 aromatic heterocycles. The van der Waals surface area contributed by atoms with Crippen molar-refractivity contribution in [2.45, 2.75) is 78.2 Å². The number of hydrogen-bond donors (Lipinski definition) is 0. The van der Waals surface area contributed by atoms with E-state index >= 15 is 0 Å². The van der Waals surface area contributed by atoms with Crippen molar-refractivity contribution >= 4 is 37.7 Å². The minimum Gasteiger partial charge on any atom is -0.462 e. The van der Waals surface area contributed by atoms with Crippen LogP contribution in [0.15, 0.2) is 36.8 Å². The molecule has 1 aromatic carbocycles. The van der Waals surface area contributed by atoms with E-state index in [1.165, 1.54) is 6.33 Å². The molecule has 0 aliphatic carbocycles. The second kappa shape index (κ2) is 10.3. The molecule has 198 valence electrons. The number of benzene rings is 1. The Hall–Kier alpha value is -2.53. The second-order valence-electron chi connectivity index (χ2n) is 11.7. The number of hydrogen-bond acceptors (Lipinski definition) is 7. The molecule has 3 aromatic rings. The molecule has 3 heterocycles. The Balaban J connectivity index is 1.72. The van der Waals surface area contributed by atoms with Crippen LogP contribution in [-0.4, -0.2) is 60.1 Å². The molecule has 0 unspecified atom stereocenters. The summed E-state index contributed by atoms with van der Waals surface area (Å²) in [6.07, 6.45) is 3.28. The standard InChI is InChI=1S/C27H38BN3O5Si/c1-9-34-25(32)21-16-31(18-33-13-14-37(6,7)8)24-22(21)23(29-17-30-24)19-11-10-12-20(15-19)28-35-26(2,3)27(4,5)36-28/h10-12,15-17H,9,13-14,18H2,1-8H3. The molecular weight excluding hydrogens is 485 g/mol. The van der Waals surface area contributed by atoms with E-state index < -0.39 is 32.4 Å². The maximum absolute atomic E-state index is 13.0. The summed E-state index contributed by atoms with van der Waals surface area (Å²) in [4.78, 5) is 22.1.